The Morgan fingerprint density at radius 2 is 1.59 bits per heavy atom. The molecule has 0 aliphatic rings. The third kappa shape index (κ3) is 5.58. The van der Waals surface area contributed by atoms with Gasteiger partial charge in [0, 0.05) is 31.6 Å². The molecule has 0 atom stereocenters. The molecule has 2 rings (SSSR count). The molecular weight excluding hydrogens is 342 g/mol. The number of Topliss-reactive ketones (excluding diaryl/α,β-unsaturated/α-hetero) is 1. The summed E-state index contributed by atoms with van der Waals surface area (Å²) in [5, 5.41) is 19.8. The van der Waals surface area contributed by atoms with Crippen molar-refractivity contribution in [3.8, 4) is 5.75 Å². The molecule has 2 N–H and O–H groups in total. The van der Waals surface area contributed by atoms with Crippen LogP contribution in [-0.2, 0) is 6.42 Å². The van der Waals surface area contributed by atoms with E-state index in [-0.39, 0.29) is 17.1 Å². The van der Waals surface area contributed by atoms with E-state index in [1.54, 1.807) is 17.0 Å². The van der Waals surface area contributed by atoms with Crippen molar-refractivity contribution < 1.29 is 19.8 Å². The van der Waals surface area contributed by atoms with Gasteiger partial charge in [0.1, 0.15) is 5.75 Å². The number of carboxylic acid groups (broad SMARTS) is 1. The molecule has 0 saturated heterocycles. The van der Waals surface area contributed by atoms with Crippen molar-refractivity contribution in [2.45, 2.75) is 38.5 Å². The maximum atomic E-state index is 12.1. The standard InChI is InChI=1S/C22H27NO4/c1-23(2)19-15-14-18(22(26)27)17(21(19)25)12-8-3-4-9-13-20(24)16-10-6-5-7-11-16/h5-7,10-11,14-15,25H,3-4,8-9,12-13H2,1-2H3,(H,26,27). The summed E-state index contributed by atoms with van der Waals surface area (Å²) in [6.07, 6.45) is 4.38. The Kier molecular flexibility index (Phi) is 7.41. The summed E-state index contributed by atoms with van der Waals surface area (Å²) >= 11 is 0. The first-order chi connectivity index (χ1) is 12.9. The van der Waals surface area contributed by atoms with E-state index >= 15 is 0 Å². The fourth-order valence-corrected chi connectivity index (χ4v) is 3.15. The fourth-order valence-electron chi connectivity index (χ4n) is 3.15. The molecule has 144 valence electrons. The van der Waals surface area contributed by atoms with Gasteiger partial charge in [-0.15, -0.1) is 0 Å². The molecule has 0 aliphatic heterocycles. The number of carbonyl (C=O) groups excluding carboxylic acids is 1. The number of nitrogens with zero attached hydrogens (tertiary/aromatic N) is 1. The third-order valence-corrected chi connectivity index (χ3v) is 4.65. The second-order valence-corrected chi connectivity index (χ2v) is 6.86. The lowest BCUT2D eigenvalue weighted by molar-refractivity contribution is 0.0694. The van der Waals surface area contributed by atoms with Crippen molar-refractivity contribution in [1.29, 1.82) is 0 Å². The summed E-state index contributed by atoms with van der Waals surface area (Å²) in [5.74, 6) is -0.835. The van der Waals surface area contributed by atoms with Crippen LogP contribution >= 0.6 is 0 Å². The highest BCUT2D eigenvalue weighted by atomic mass is 16.4. The van der Waals surface area contributed by atoms with Gasteiger partial charge in [-0.2, -0.15) is 0 Å². The number of carboxylic acids is 1. The molecule has 0 aromatic heterocycles. The largest absolute Gasteiger partial charge is 0.505 e. The molecule has 0 amide bonds. The number of benzene rings is 2. The lowest BCUT2D eigenvalue weighted by atomic mass is 9.97. The molecule has 5 nitrogen and oxygen atoms in total. The molecule has 2 aromatic rings. The monoisotopic (exact) mass is 369 g/mol. The quantitative estimate of drug-likeness (QED) is 0.475. The Bertz CT molecular complexity index is 784. The highest BCUT2D eigenvalue weighted by Crippen LogP contribution is 2.33. The van der Waals surface area contributed by atoms with Crippen LogP contribution in [0.3, 0.4) is 0 Å². The Balaban J connectivity index is 1.85. The predicted octanol–water partition coefficient (Wildman–Crippen LogP) is 4.53. The van der Waals surface area contributed by atoms with Crippen LogP contribution in [-0.4, -0.2) is 36.1 Å². The Morgan fingerprint density at radius 1 is 0.926 bits per heavy atom. The number of hydrogen-bond acceptors (Lipinski definition) is 4. The highest BCUT2D eigenvalue weighted by Gasteiger charge is 2.17. The molecule has 0 radical (unpaired) electrons. The maximum Gasteiger partial charge on any atom is 0.336 e. The van der Waals surface area contributed by atoms with Gasteiger partial charge in [0.2, 0.25) is 0 Å². The van der Waals surface area contributed by atoms with Gasteiger partial charge in [-0.25, -0.2) is 4.79 Å². The SMILES string of the molecule is CN(C)c1ccc(C(=O)O)c(CCCCCCC(=O)c2ccccc2)c1O. The van der Waals surface area contributed by atoms with E-state index in [2.05, 4.69) is 0 Å². The van der Waals surface area contributed by atoms with Crippen molar-refractivity contribution >= 4 is 17.4 Å². The van der Waals surface area contributed by atoms with Crippen LogP contribution in [0.15, 0.2) is 42.5 Å². The van der Waals surface area contributed by atoms with Crippen LogP contribution in [0, 0.1) is 0 Å². The van der Waals surface area contributed by atoms with Crippen LogP contribution < -0.4 is 4.90 Å². The topological polar surface area (TPSA) is 77.8 Å². The lowest BCUT2D eigenvalue weighted by Gasteiger charge is -2.18. The Hall–Kier alpha value is -2.82. The Labute approximate surface area is 160 Å². The third-order valence-electron chi connectivity index (χ3n) is 4.65. The number of anilines is 1. The van der Waals surface area contributed by atoms with Crippen LogP contribution in [0.25, 0.3) is 0 Å². The van der Waals surface area contributed by atoms with E-state index in [1.807, 2.05) is 44.4 Å². The summed E-state index contributed by atoms with van der Waals surface area (Å²) in [6, 6.07) is 12.4. The number of carbonyl (C=O) groups is 2. The van der Waals surface area contributed by atoms with Crippen molar-refractivity contribution in [3.63, 3.8) is 0 Å². The van der Waals surface area contributed by atoms with E-state index in [1.165, 1.54) is 0 Å². The molecule has 0 unspecified atom stereocenters. The minimum absolute atomic E-state index is 0.0409. The van der Waals surface area contributed by atoms with Crippen molar-refractivity contribution in [1.82, 2.24) is 0 Å². The minimum atomic E-state index is -1.03. The normalized spacial score (nSPS) is 10.6. The zero-order valence-corrected chi connectivity index (χ0v) is 15.9. The second kappa shape index (κ2) is 9.76. The average Bonchev–Trinajstić information content (AvgIpc) is 2.65. The van der Waals surface area contributed by atoms with Gasteiger partial charge in [-0.1, -0.05) is 43.2 Å². The average molecular weight is 369 g/mol. The first-order valence-corrected chi connectivity index (χ1v) is 9.25. The van der Waals surface area contributed by atoms with Gasteiger partial charge < -0.3 is 15.1 Å². The van der Waals surface area contributed by atoms with E-state index in [0.717, 1.165) is 31.2 Å². The molecular formula is C22H27NO4. The van der Waals surface area contributed by atoms with Crippen LogP contribution in [0.4, 0.5) is 5.69 Å². The number of rotatable bonds is 10. The van der Waals surface area contributed by atoms with Gasteiger partial charge in [0.25, 0.3) is 0 Å². The number of phenolic OH excluding ortho intramolecular Hbond substituents is 1. The molecule has 0 aliphatic carbocycles. The summed E-state index contributed by atoms with van der Waals surface area (Å²) in [4.78, 5) is 25.3. The zero-order chi connectivity index (χ0) is 19.8. The van der Waals surface area contributed by atoms with Gasteiger partial charge in [-0.05, 0) is 31.4 Å². The number of ketones is 1. The maximum absolute atomic E-state index is 12.1. The first-order valence-electron chi connectivity index (χ1n) is 9.25. The van der Waals surface area contributed by atoms with Gasteiger partial charge in [0.05, 0.1) is 11.3 Å². The molecule has 0 spiro atoms. The van der Waals surface area contributed by atoms with Crippen LogP contribution in [0.1, 0.15) is 58.4 Å². The second-order valence-electron chi connectivity index (χ2n) is 6.86. The number of phenols is 1. The highest BCUT2D eigenvalue weighted by molar-refractivity contribution is 5.95. The lowest BCUT2D eigenvalue weighted by Crippen LogP contribution is -2.11. The molecule has 0 saturated carbocycles. The summed E-state index contributed by atoms with van der Waals surface area (Å²) < 4.78 is 0. The van der Waals surface area contributed by atoms with Crippen molar-refractivity contribution in [3.05, 3.63) is 59.2 Å². The molecule has 27 heavy (non-hydrogen) atoms. The van der Waals surface area contributed by atoms with E-state index in [4.69, 9.17) is 0 Å². The van der Waals surface area contributed by atoms with Crippen LogP contribution in [0.5, 0.6) is 5.75 Å². The zero-order valence-electron chi connectivity index (χ0n) is 15.9. The minimum Gasteiger partial charge on any atom is -0.505 e. The Morgan fingerprint density at radius 3 is 2.22 bits per heavy atom. The molecule has 0 fully saturated rings. The molecule has 2 aromatic carbocycles. The number of aromatic carboxylic acids is 1. The smallest absolute Gasteiger partial charge is 0.336 e. The van der Waals surface area contributed by atoms with Crippen molar-refractivity contribution in [2.75, 3.05) is 19.0 Å². The first kappa shape index (κ1) is 20.5. The van der Waals surface area contributed by atoms with E-state index < -0.39 is 5.97 Å². The van der Waals surface area contributed by atoms with E-state index in [9.17, 15) is 19.8 Å². The molecule has 5 heteroatoms. The van der Waals surface area contributed by atoms with Crippen molar-refractivity contribution in [2.24, 2.45) is 0 Å². The van der Waals surface area contributed by atoms with Gasteiger partial charge in [0.15, 0.2) is 5.78 Å². The number of hydrogen-bond donors (Lipinski definition) is 2. The molecule has 0 heterocycles. The fraction of sp³-hybridized carbons (Fsp3) is 0.364. The number of unbranched alkanes of at least 4 members (excludes halogenated alkanes) is 3. The summed E-state index contributed by atoms with van der Waals surface area (Å²) in [5.41, 5.74) is 1.99. The van der Waals surface area contributed by atoms with Gasteiger partial charge >= 0.3 is 5.97 Å². The summed E-state index contributed by atoms with van der Waals surface area (Å²) in [7, 11) is 3.62. The molecule has 0 bridgehead atoms. The number of aromatic hydroxyl groups is 1. The van der Waals surface area contributed by atoms with Gasteiger partial charge in [-0.3, -0.25) is 4.79 Å². The van der Waals surface area contributed by atoms with E-state index in [0.29, 0.717) is 24.1 Å². The summed E-state index contributed by atoms with van der Waals surface area (Å²) in [6.45, 7) is 0. The van der Waals surface area contributed by atoms with Crippen LogP contribution in [0.2, 0.25) is 0 Å². The predicted molar refractivity (Wildman–Crippen MR) is 107 cm³/mol.